The average molecular weight is 264 g/mol. The number of esters is 1. The van der Waals surface area contributed by atoms with Crippen LogP contribution in [0.1, 0.15) is 40.0 Å². The Balaban J connectivity index is 2.16. The zero-order chi connectivity index (χ0) is 14.0. The zero-order valence-electron chi connectivity index (χ0n) is 11.6. The second-order valence-electron chi connectivity index (χ2n) is 6.43. The van der Waals surface area contributed by atoms with Gasteiger partial charge in [-0.25, -0.2) is 4.79 Å². The molecule has 0 aromatic rings. The van der Waals surface area contributed by atoms with Crippen LogP contribution in [0.4, 0.5) is 0 Å². The van der Waals surface area contributed by atoms with E-state index in [0.717, 1.165) is 18.4 Å². The molecule has 1 saturated carbocycles. The maximum Gasteiger partial charge on any atom is 0.339 e. The van der Waals surface area contributed by atoms with Gasteiger partial charge in [0, 0.05) is 23.5 Å². The number of fused-ring (bicyclic) bond motifs is 2. The van der Waals surface area contributed by atoms with Crippen LogP contribution in [0.2, 0.25) is 0 Å². The average Bonchev–Trinajstić information content (AvgIpc) is 2.69. The molecule has 1 fully saturated rings. The minimum Gasteiger partial charge on any atom is -0.423 e. The van der Waals surface area contributed by atoms with E-state index in [2.05, 4.69) is 0 Å². The summed E-state index contributed by atoms with van der Waals surface area (Å²) in [5, 5.41) is 21.7. The van der Waals surface area contributed by atoms with Crippen LogP contribution < -0.4 is 0 Å². The van der Waals surface area contributed by atoms with E-state index in [1.807, 2.05) is 6.92 Å². The van der Waals surface area contributed by atoms with Crippen molar-refractivity contribution in [2.45, 2.75) is 51.2 Å². The highest BCUT2D eigenvalue weighted by molar-refractivity contribution is 5.94. The largest absolute Gasteiger partial charge is 0.423 e. The van der Waals surface area contributed by atoms with E-state index in [4.69, 9.17) is 4.74 Å². The third kappa shape index (κ3) is 1.63. The van der Waals surface area contributed by atoms with E-state index in [0.29, 0.717) is 17.8 Å². The standard InChI is InChI=1S/C15H20O4/c1-8-4-5-12-14(3,17)7-11-10(6-15(8,12)18)9(2)13(16)19-11/h7-8,12,17-18H,4-6H2,1-3H3/t8-,12+,14+,15+/m1/s1. The molecular weight excluding hydrogens is 244 g/mol. The van der Waals surface area contributed by atoms with E-state index in [-0.39, 0.29) is 17.8 Å². The third-order valence-electron chi connectivity index (χ3n) is 5.19. The molecule has 0 unspecified atom stereocenters. The predicted octanol–water partition coefficient (Wildman–Crippen LogP) is 1.68. The number of rotatable bonds is 0. The molecule has 2 aliphatic carbocycles. The van der Waals surface area contributed by atoms with Crippen molar-refractivity contribution in [2.24, 2.45) is 11.8 Å². The second kappa shape index (κ2) is 3.70. The molecule has 0 aromatic carbocycles. The molecule has 0 saturated heterocycles. The molecule has 1 aliphatic heterocycles. The molecule has 0 amide bonds. The molecule has 104 valence electrons. The molecule has 3 rings (SSSR count). The summed E-state index contributed by atoms with van der Waals surface area (Å²) in [5.74, 6) is -0.0490. The highest BCUT2D eigenvalue weighted by atomic mass is 16.5. The van der Waals surface area contributed by atoms with E-state index in [1.165, 1.54) is 0 Å². The monoisotopic (exact) mass is 264 g/mol. The fraction of sp³-hybridized carbons (Fsp3) is 0.667. The first-order chi connectivity index (χ1) is 8.75. The van der Waals surface area contributed by atoms with Crippen LogP contribution in [0.5, 0.6) is 0 Å². The first-order valence-electron chi connectivity index (χ1n) is 6.85. The van der Waals surface area contributed by atoms with Gasteiger partial charge in [0.2, 0.25) is 0 Å². The Labute approximate surface area is 112 Å². The van der Waals surface area contributed by atoms with Gasteiger partial charge in [-0.2, -0.15) is 0 Å². The lowest BCUT2D eigenvalue weighted by Crippen LogP contribution is -2.48. The van der Waals surface area contributed by atoms with Crippen molar-refractivity contribution in [3.63, 3.8) is 0 Å². The van der Waals surface area contributed by atoms with E-state index >= 15 is 0 Å². The van der Waals surface area contributed by atoms with Gasteiger partial charge in [-0.15, -0.1) is 0 Å². The number of carbonyl (C=O) groups excluding carboxylic acids is 1. The van der Waals surface area contributed by atoms with Crippen LogP contribution in [-0.4, -0.2) is 27.4 Å². The highest BCUT2D eigenvalue weighted by Gasteiger charge is 2.56. The molecule has 0 aromatic heterocycles. The Morgan fingerprint density at radius 2 is 2.05 bits per heavy atom. The summed E-state index contributed by atoms with van der Waals surface area (Å²) >= 11 is 0. The van der Waals surface area contributed by atoms with Crippen LogP contribution in [0.25, 0.3) is 0 Å². The number of aliphatic hydroxyl groups is 2. The summed E-state index contributed by atoms with van der Waals surface area (Å²) in [6.45, 7) is 5.42. The maximum atomic E-state index is 11.7. The minimum absolute atomic E-state index is 0.104. The van der Waals surface area contributed by atoms with Gasteiger partial charge in [-0.05, 0) is 38.7 Å². The number of hydrogen-bond acceptors (Lipinski definition) is 4. The first kappa shape index (κ1) is 12.9. The van der Waals surface area contributed by atoms with E-state index in [9.17, 15) is 15.0 Å². The quantitative estimate of drug-likeness (QED) is 0.653. The van der Waals surface area contributed by atoms with Crippen molar-refractivity contribution >= 4 is 5.97 Å². The van der Waals surface area contributed by atoms with Gasteiger partial charge in [0.25, 0.3) is 0 Å². The smallest absolute Gasteiger partial charge is 0.339 e. The first-order valence-corrected chi connectivity index (χ1v) is 6.85. The lowest BCUT2D eigenvalue weighted by Gasteiger charge is -2.39. The topological polar surface area (TPSA) is 66.8 Å². The molecule has 4 atom stereocenters. The van der Waals surface area contributed by atoms with E-state index in [1.54, 1.807) is 19.9 Å². The van der Waals surface area contributed by atoms with Crippen LogP contribution in [0.15, 0.2) is 23.0 Å². The van der Waals surface area contributed by atoms with E-state index < -0.39 is 11.2 Å². The Bertz CT molecular complexity index is 514. The summed E-state index contributed by atoms with van der Waals surface area (Å²) in [6, 6.07) is 0. The minimum atomic E-state index is -1.15. The van der Waals surface area contributed by atoms with Crippen LogP contribution in [-0.2, 0) is 9.53 Å². The Morgan fingerprint density at radius 3 is 2.74 bits per heavy atom. The number of ether oxygens (including phenoxy) is 1. The van der Waals surface area contributed by atoms with Crippen LogP contribution >= 0.6 is 0 Å². The zero-order valence-corrected chi connectivity index (χ0v) is 11.6. The summed E-state index contributed by atoms with van der Waals surface area (Å²) < 4.78 is 5.22. The van der Waals surface area contributed by atoms with Gasteiger partial charge >= 0.3 is 5.97 Å². The Hall–Kier alpha value is -1.13. The Morgan fingerprint density at radius 1 is 1.37 bits per heavy atom. The van der Waals surface area contributed by atoms with Crippen LogP contribution in [0.3, 0.4) is 0 Å². The van der Waals surface area contributed by atoms with Crippen molar-refractivity contribution < 1.29 is 19.7 Å². The molecule has 0 radical (unpaired) electrons. The SMILES string of the molecule is CC1=C2C[C@]3(O)[C@H](C)CC[C@H]3[C@@](C)(O)C=C2OC1=O. The fourth-order valence-electron chi connectivity index (χ4n) is 3.89. The highest BCUT2D eigenvalue weighted by Crippen LogP contribution is 2.53. The number of carbonyl (C=O) groups is 1. The molecule has 0 bridgehead atoms. The van der Waals surface area contributed by atoms with Crippen molar-refractivity contribution in [1.29, 1.82) is 0 Å². The molecule has 0 spiro atoms. The molecule has 2 N–H and O–H groups in total. The summed E-state index contributed by atoms with van der Waals surface area (Å²) in [7, 11) is 0. The number of allylic oxidation sites excluding steroid dienone is 1. The fourth-order valence-corrected chi connectivity index (χ4v) is 3.89. The second-order valence-corrected chi connectivity index (χ2v) is 6.43. The summed E-state index contributed by atoms with van der Waals surface area (Å²) in [6.07, 6.45) is 3.67. The molecule has 4 nitrogen and oxygen atoms in total. The molecule has 1 heterocycles. The van der Waals surface area contributed by atoms with Gasteiger partial charge in [0.15, 0.2) is 0 Å². The van der Waals surface area contributed by atoms with Crippen LogP contribution in [0, 0.1) is 11.8 Å². The summed E-state index contributed by atoms with van der Waals surface area (Å²) in [5.41, 5.74) is -0.812. The lowest BCUT2D eigenvalue weighted by atomic mass is 9.74. The van der Waals surface area contributed by atoms with Crippen molar-refractivity contribution in [3.05, 3.63) is 23.0 Å². The van der Waals surface area contributed by atoms with Gasteiger partial charge in [0.1, 0.15) is 5.76 Å². The summed E-state index contributed by atoms with van der Waals surface area (Å²) in [4.78, 5) is 11.7. The van der Waals surface area contributed by atoms with Crippen molar-refractivity contribution in [2.75, 3.05) is 0 Å². The van der Waals surface area contributed by atoms with Crippen molar-refractivity contribution in [3.8, 4) is 0 Å². The third-order valence-corrected chi connectivity index (χ3v) is 5.19. The molecule has 19 heavy (non-hydrogen) atoms. The van der Waals surface area contributed by atoms with Gasteiger partial charge in [0.05, 0.1) is 11.2 Å². The molecular formula is C15H20O4. The number of hydrogen-bond donors (Lipinski definition) is 2. The Kier molecular flexibility index (Phi) is 2.51. The van der Waals surface area contributed by atoms with Gasteiger partial charge in [-0.3, -0.25) is 0 Å². The molecule has 3 aliphatic rings. The normalized spacial score (nSPS) is 45.5. The van der Waals surface area contributed by atoms with Crippen molar-refractivity contribution in [1.82, 2.24) is 0 Å². The predicted molar refractivity (Wildman–Crippen MR) is 69.0 cm³/mol. The maximum absolute atomic E-state index is 11.7. The van der Waals surface area contributed by atoms with Gasteiger partial charge < -0.3 is 14.9 Å². The molecule has 4 heteroatoms. The lowest BCUT2D eigenvalue weighted by molar-refractivity contribution is -0.133. The van der Waals surface area contributed by atoms with Gasteiger partial charge in [-0.1, -0.05) is 6.92 Å².